The maximum Gasteiger partial charge on any atom is 0.226 e. The van der Waals surface area contributed by atoms with Crippen molar-refractivity contribution >= 4 is 5.91 Å². The van der Waals surface area contributed by atoms with Crippen molar-refractivity contribution < 1.29 is 4.79 Å². The van der Waals surface area contributed by atoms with Gasteiger partial charge in [0.05, 0.1) is 0 Å². The van der Waals surface area contributed by atoms with Gasteiger partial charge in [0.1, 0.15) is 0 Å². The number of allylic oxidation sites excluding steroid dienone is 2. The molecule has 0 aromatic carbocycles. The smallest absolute Gasteiger partial charge is 0.226 e. The number of nitrogens with zero attached hydrogens (tertiary/aromatic N) is 1. The van der Waals surface area contributed by atoms with Crippen LogP contribution in [0.5, 0.6) is 0 Å². The monoisotopic (exact) mass is 209 g/mol. The molecule has 0 bridgehead atoms. The quantitative estimate of drug-likeness (QED) is 0.637. The zero-order chi connectivity index (χ0) is 11.1. The molecule has 86 valence electrons. The van der Waals surface area contributed by atoms with E-state index in [2.05, 4.69) is 26.0 Å². The average Bonchev–Trinajstić information content (AvgIpc) is 2.29. The van der Waals surface area contributed by atoms with E-state index in [0.717, 1.165) is 45.2 Å². The summed E-state index contributed by atoms with van der Waals surface area (Å²) in [6.07, 6.45) is 9.53. The van der Waals surface area contributed by atoms with Crippen LogP contribution in [0.3, 0.4) is 0 Å². The van der Waals surface area contributed by atoms with Gasteiger partial charge >= 0.3 is 0 Å². The van der Waals surface area contributed by atoms with E-state index < -0.39 is 0 Å². The van der Waals surface area contributed by atoms with Gasteiger partial charge in [-0.3, -0.25) is 4.79 Å². The van der Waals surface area contributed by atoms with Crippen LogP contribution in [0.2, 0.25) is 0 Å². The third-order valence-electron chi connectivity index (χ3n) is 2.92. The Balaban J connectivity index is 2.50. The van der Waals surface area contributed by atoms with Gasteiger partial charge in [0.15, 0.2) is 0 Å². The summed E-state index contributed by atoms with van der Waals surface area (Å²) in [4.78, 5) is 14.2. The molecule has 0 fully saturated rings. The molecule has 0 heterocycles. The zero-order valence-corrected chi connectivity index (χ0v) is 10.0. The molecule has 0 saturated carbocycles. The zero-order valence-electron chi connectivity index (χ0n) is 10.0. The second-order valence-electron chi connectivity index (χ2n) is 4.31. The maximum atomic E-state index is 12.2. The number of carbonyl (C=O) groups is 1. The molecule has 1 aliphatic carbocycles. The fourth-order valence-electron chi connectivity index (χ4n) is 2.15. The summed E-state index contributed by atoms with van der Waals surface area (Å²) < 4.78 is 0. The van der Waals surface area contributed by atoms with Crippen LogP contribution >= 0.6 is 0 Å². The molecule has 1 atom stereocenters. The summed E-state index contributed by atoms with van der Waals surface area (Å²) in [6, 6.07) is 0. The van der Waals surface area contributed by atoms with Gasteiger partial charge in [0, 0.05) is 19.0 Å². The van der Waals surface area contributed by atoms with Gasteiger partial charge < -0.3 is 4.90 Å². The summed E-state index contributed by atoms with van der Waals surface area (Å²) >= 11 is 0. The Morgan fingerprint density at radius 2 is 1.93 bits per heavy atom. The van der Waals surface area contributed by atoms with Crippen LogP contribution in [0.15, 0.2) is 12.2 Å². The Morgan fingerprint density at radius 3 is 2.40 bits per heavy atom. The highest BCUT2D eigenvalue weighted by Crippen LogP contribution is 2.20. The molecular weight excluding hydrogens is 186 g/mol. The third-order valence-corrected chi connectivity index (χ3v) is 2.92. The van der Waals surface area contributed by atoms with Crippen molar-refractivity contribution in [3.63, 3.8) is 0 Å². The van der Waals surface area contributed by atoms with Gasteiger partial charge in [0.2, 0.25) is 5.91 Å². The van der Waals surface area contributed by atoms with Crippen LogP contribution in [0.1, 0.15) is 46.0 Å². The highest BCUT2D eigenvalue weighted by Gasteiger charge is 2.23. The summed E-state index contributed by atoms with van der Waals surface area (Å²) in [5, 5.41) is 0. The highest BCUT2D eigenvalue weighted by molar-refractivity contribution is 5.79. The molecule has 2 heteroatoms. The average molecular weight is 209 g/mol. The maximum absolute atomic E-state index is 12.2. The van der Waals surface area contributed by atoms with E-state index in [-0.39, 0.29) is 5.92 Å². The molecule has 0 aromatic rings. The number of carbonyl (C=O) groups excluding carboxylic acids is 1. The van der Waals surface area contributed by atoms with Gasteiger partial charge in [-0.2, -0.15) is 0 Å². The van der Waals surface area contributed by atoms with Crippen LogP contribution in [-0.4, -0.2) is 23.9 Å². The fraction of sp³-hybridized carbons (Fsp3) is 0.769. The van der Waals surface area contributed by atoms with Crippen molar-refractivity contribution in [3.05, 3.63) is 12.2 Å². The minimum atomic E-state index is 0.257. The Bertz CT molecular complexity index is 217. The van der Waals surface area contributed by atoms with Crippen molar-refractivity contribution in [1.29, 1.82) is 0 Å². The van der Waals surface area contributed by atoms with Crippen molar-refractivity contribution in [3.8, 4) is 0 Å². The minimum Gasteiger partial charge on any atom is -0.342 e. The third kappa shape index (κ3) is 3.69. The van der Waals surface area contributed by atoms with E-state index in [1.807, 2.05) is 4.90 Å². The van der Waals surface area contributed by atoms with E-state index in [1.54, 1.807) is 0 Å². The number of amides is 1. The lowest BCUT2D eigenvalue weighted by molar-refractivity contribution is -0.135. The SMILES string of the molecule is CCCN(CCC)C(=O)C1CC=CCC1. The highest BCUT2D eigenvalue weighted by atomic mass is 16.2. The molecule has 1 amide bonds. The normalized spacial score (nSPS) is 20.3. The largest absolute Gasteiger partial charge is 0.342 e. The number of rotatable bonds is 5. The molecular formula is C13H23NO. The van der Waals surface area contributed by atoms with Gasteiger partial charge in [-0.1, -0.05) is 26.0 Å². The first-order valence-corrected chi connectivity index (χ1v) is 6.23. The van der Waals surface area contributed by atoms with Crippen LogP contribution in [0.25, 0.3) is 0 Å². The molecule has 0 spiro atoms. The van der Waals surface area contributed by atoms with E-state index in [4.69, 9.17) is 0 Å². The van der Waals surface area contributed by atoms with Crippen molar-refractivity contribution in [2.75, 3.05) is 13.1 Å². The van der Waals surface area contributed by atoms with Gasteiger partial charge in [-0.25, -0.2) is 0 Å². The van der Waals surface area contributed by atoms with E-state index in [0.29, 0.717) is 5.91 Å². The molecule has 0 N–H and O–H groups in total. The Morgan fingerprint density at radius 1 is 1.27 bits per heavy atom. The summed E-state index contributed by atoms with van der Waals surface area (Å²) in [6.45, 7) is 6.12. The van der Waals surface area contributed by atoms with E-state index in [9.17, 15) is 4.79 Å². The Hall–Kier alpha value is -0.790. The van der Waals surface area contributed by atoms with Crippen LogP contribution in [0, 0.1) is 5.92 Å². The van der Waals surface area contributed by atoms with Crippen molar-refractivity contribution in [1.82, 2.24) is 4.90 Å². The van der Waals surface area contributed by atoms with Crippen LogP contribution < -0.4 is 0 Å². The van der Waals surface area contributed by atoms with Gasteiger partial charge in [-0.05, 0) is 32.1 Å². The first-order valence-electron chi connectivity index (χ1n) is 6.23. The molecule has 1 rings (SSSR count). The molecule has 0 aliphatic heterocycles. The first-order chi connectivity index (χ1) is 7.29. The lowest BCUT2D eigenvalue weighted by atomic mass is 9.93. The molecule has 0 saturated heterocycles. The van der Waals surface area contributed by atoms with Crippen molar-refractivity contribution in [2.24, 2.45) is 5.92 Å². The predicted molar refractivity (Wildman–Crippen MR) is 63.6 cm³/mol. The predicted octanol–water partition coefficient (Wildman–Crippen LogP) is 2.99. The fourth-order valence-corrected chi connectivity index (χ4v) is 2.15. The molecule has 15 heavy (non-hydrogen) atoms. The van der Waals surface area contributed by atoms with Crippen molar-refractivity contribution in [2.45, 2.75) is 46.0 Å². The number of hydrogen-bond donors (Lipinski definition) is 0. The topological polar surface area (TPSA) is 20.3 Å². The molecule has 0 aromatic heterocycles. The first kappa shape index (κ1) is 12.3. The molecule has 2 nitrogen and oxygen atoms in total. The van der Waals surface area contributed by atoms with Crippen LogP contribution in [0.4, 0.5) is 0 Å². The molecule has 0 radical (unpaired) electrons. The molecule has 1 aliphatic rings. The Labute approximate surface area is 93.3 Å². The second-order valence-corrected chi connectivity index (χ2v) is 4.31. The van der Waals surface area contributed by atoms with Gasteiger partial charge in [-0.15, -0.1) is 0 Å². The Kier molecular flexibility index (Phi) is 5.44. The van der Waals surface area contributed by atoms with E-state index >= 15 is 0 Å². The lowest BCUT2D eigenvalue weighted by Crippen LogP contribution is -2.37. The summed E-state index contributed by atoms with van der Waals surface area (Å²) in [5.41, 5.74) is 0. The number of hydrogen-bond acceptors (Lipinski definition) is 1. The van der Waals surface area contributed by atoms with Crippen LogP contribution in [-0.2, 0) is 4.79 Å². The summed E-state index contributed by atoms with van der Waals surface area (Å²) in [7, 11) is 0. The summed E-state index contributed by atoms with van der Waals surface area (Å²) in [5.74, 6) is 0.635. The minimum absolute atomic E-state index is 0.257. The standard InChI is InChI=1S/C13H23NO/c1-3-10-14(11-4-2)13(15)12-8-6-5-7-9-12/h5-6,12H,3-4,7-11H2,1-2H3. The molecule has 1 unspecified atom stereocenters. The van der Waals surface area contributed by atoms with Gasteiger partial charge in [0.25, 0.3) is 0 Å². The van der Waals surface area contributed by atoms with E-state index in [1.165, 1.54) is 0 Å². The lowest BCUT2D eigenvalue weighted by Gasteiger charge is -2.27. The second kappa shape index (κ2) is 6.65.